The topological polar surface area (TPSA) is 54.4 Å². The fraction of sp³-hybridized carbons (Fsp3) is 0.444. The van der Waals surface area contributed by atoms with Crippen LogP contribution in [0, 0.1) is 17.6 Å². The number of aliphatic hydroxyl groups excluding tert-OH is 1. The Morgan fingerprint density at radius 2 is 2.12 bits per heavy atom. The van der Waals surface area contributed by atoms with Gasteiger partial charge in [-0.25, -0.2) is 8.78 Å². The maximum Gasteiger partial charge on any atom is 0.251 e. The number of hydrogen-bond acceptors (Lipinski definition) is 4. The third-order valence-corrected chi connectivity index (χ3v) is 1.82. The van der Waals surface area contributed by atoms with Crippen LogP contribution in [0.1, 0.15) is 0 Å². The normalized spacial score (nSPS) is 12.6. The minimum Gasteiger partial charge on any atom is -0.394 e. The minimum absolute atomic E-state index is 0.0800. The molecule has 0 amide bonds. The zero-order valence-electron chi connectivity index (χ0n) is 8.51. The summed E-state index contributed by atoms with van der Waals surface area (Å²) in [4.78, 5) is 3.05. The van der Waals surface area contributed by atoms with Crippen LogP contribution in [0.4, 0.5) is 19.0 Å². The molecule has 0 bridgehead atoms. The Kier molecular flexibility index (Phi) is 4.51. The predicted molar refractivity (Wildman–Crippen MR) is 50.5 cm³/mol. The molecule has 16 heavy (non-hydrogen) atoms. The van der Waals surface area contributed by atoms with Crippen molar-refractivity contribution >= 4 is 5.82 Å². The smallest absolute Gasteiger partial charge is 0.251 e. The fourth-order valence-electron chi connectivity index (χ4n) is 1.08. The number of rotatable bonds is 5. The molecular formula is C9H11F3N2O2. The third kappa shape index (κ3) is 3.07. The van der Waals surface area contributed by atoms with Crippen molar-refractivity contribution in [3.63, 3.8) is 0 Å². The van der Waals surface area contributed by atoms with Crippen LogP contribution in [0.2, 0.25) is 0 Å². The SMILES string of the molecule is COCC(CO)Nc1nc(F)c(F)cc1F. The van der Waals surface area contributed by atoms with E-state index in [4.69, 9.17) is 9.84 Å². The molecule has 1 aromatic heterocycles. The van der Waals surface area contributed by atoms with E-state index in [0.29, 0.717) is 6.07 Å². The van der Waals surface area contributed by atoms with Crippen LogP contribution in [0.15, 0.2) is 6.07 Å². The fourth-order valence-corrected chi connectivity index (χ4v) is 1.08. The molecule has 0 saturated heterocycles. The van der Waals surface area contributed by atoms with Crippen molar-refractivity contribution in [1.82, 2.24) is 4.98 Å². The van der Waals surface area contributed by atoms with Crippen molar-refractivity contribution in [3.05, 3.63) is 23.6 Å². The van der Waals surface area contributed by atoms with Crippen molar-refractivity contribution in [2.75, 3.05) is 25.6 Å². The number of pyridine rings is 1. The maximum atomic E-state index is 13.1. The molecule has 0 aliphatic heterocycles. The number of nitrogens with one attached hydrogen (secondary N) is 1. The van der Waals surface area contributed by atoms with Crippen molar-refractivity contribution in [2.45, 2.75) is 6.04 Å². The Morgan fingerprint density at radius 1 is 1.44 bits per heavy atom. The summed E-state index contributed by atoms with van der Waals surface area (Å²) in [6, 6.07) is -0.261. The average molecular weight is 236 g/mol. The van der Waals surface area contributed by atoms with Crippen molar-refractivity contribution in [1.29, 1.82) is 0 Å². The Bertz CT molecular complexity index is 363. The van der Waals surface area contributed by atoms with Gasteiger partial charge in [-0.1, -0.05) is 0 Å². The summed E-state index contributed by atoms with van der Waals surface area (Å²) in [5.74, 6) is -4.27. The summed E-state index contributed by atoms with van der Waals surface area (Å²) in [5, 5.41) is 11.3. The lowest BCUT2D eigenvalue weighted by Gasteiger charge is -2.16. The van der Waals surface area contributed by atoms with E-state index in [2.05, 4.69) is 10.3 Å². The molecule has 0 fully saturated rings. The first-order chi connectivity index (χ1) is 7.58. The maximum absolute atomic E-state index is 13.1. The van der Waals surface area contributed by atoms with Gasteiger partial charge in [-0.2, -0.15) is 9.37 Å². The van der Waals surface area contributed by atoms with Gasteiger partial charge in [0.2, 0.25) is 0 Å². The molecular weight excluding hydrogens is 225 g/mol. The van der Waals surface area contributed by atoms with E-state index in [1.165, 1.54) is 7.11 Å². The van der Waals surface area contributed by atoms with Gasteiger partial charge in [0.05, 0.1) is 19.3 Å². The zero-order valence-corrected chi connectivity index (χ0v) is 8.51. The third-order valence-electron chi connectivity index (χ3n) is 1.82. The van der Waals surface area contributed by atoms with Crippen LogP contribution >= 0.6 is 0 Å². The highest BCUT2D eigenvalue weighted by Crippen LogP contribution is 2.15. The van der Waals surface area contributed by atoms with E-state index < -0.39 is 29.4 Å². The molecule has 1 atom stereocenters. The molecule has 1 unspecified atom stereocenters. The number of anilines is 1. The van der Waals surface area contributed by atoms with Gasteiger partial charge in [-0.3, -0.25) is 0 Å². The number of halogens is 3. The number of nitrogens with zero attached hydrogens (tertiary/aromatic N) is 1. The predicted octanol–water partition coefficient (Wildman–Crippen LogP) is 0.918. The average Bonchev–Trinajstić information content (AvgIpc) is 2.25. The van der Waals surface area contributed by atoms with E-state index in [0.717, 1.165) is 0 Å². The van der Waals surface area contributed by atoms with Crippen molar-refractivity contribution in [2.24, 2.45) is 0 Å². The second kappa shape index (κ2) is 5.66. The molecule has 90 valence electrons. The van der Waals surface area contributed by atoms with Crippen LogP contribution in [0.5, 0.6) is 0 Å². The molecule has 1 heterocycles. The summed E-state index contributed by atoms with van der Waals surface area (Å²) in [5.41, 5.74) is 0. The van der Waals surface area contributed by atoms with Crippen molar-refractivity contribution in [3.8, 4) is 0 Å². The van der Waals surface area contributed by atoms with Gasteiger partial charge in [0.25, 0.3) is 5.95 Å². The van der Waals surface area contributed by atoms with Crippen LogP contribution in [0.3, 0.4) is 0 Å². The molecule has 0 aliphatic carbocycles. The molecule has 7 heteroatoms. The van der Waals surface area contributed by atoms with Gasteiger partial charge in [0.15, 0.2) is 17.5 Å². The molecule has 0 saturated carbocycles. The molecule has 1 rings (SSSR count). The Balaban J connectivity index is 2.83. The van der Waals surface area contributed by atoms with Crippen LogP contribution in [-0.2, 0) is 4.74 Å². The lowest BCUT2D eigenvalue weighted by molar-refractivity contribution is 0.153. The standard InChI is InChI=1S/C9H11F3N2O2/c1-16-4-5(3-15)13-9-7(11)2-6(10)8(12)14-9/h2,5,15H,3-4H2,1H3,(H,13,14). The monoisotopic (exact) mass is 236 g/mol. The summed E-state index contributed by atoms with van der Waals surface area (Å²) in [7, 11) is 1.39. The van der Waals surface area contributed by atoms with Gasteiger partial charge in [0, 0.05) is 13.2 Å². The highest BCUT2D eigenvalue weighted by Gasteiger charge is 2.15. The summed E-state index contributed by atoms with van der Waals surface area (Å²) in [6.07, 6.45) is 0. The molecule has 4 nitrogen and oxygen atoms in total. The summed E-state index contributed by atoms with van der Waals surface area (Å²) >= 11 is 0. The van der Waals surface area contributed by atoms with Crippen LogP contribution < -0.4 is 5.32 Å². The van der Waals surface area contributed by atoms with E-state index in [9.17, 15) is 13.2 Å². The highest BCUT2D eigenvalue weighted by molar-refractivity contribution is 5.37. The summed E-state index contributed by atoms with van der Waals surface area (Å²) in [6.45, 7) is -0.273. The number of aromatic nitrogens is 1. The van der Waals surface area contributed by atoms with Crippen LogP contribution in [-0.4, -0.2) is 36.5 Å². The van der Waals surface area contributed by atoms with Gasteiger partial charge >= 0.3 is 0 Å². The molecule has 0 aliphatic rings. The molecule has 0 radical (unpaired) electrons. The molecule has 0 spiro atoms. The second-order valence-electron chi connectivity index (χ2n) is 3.07. The van der Waals surface area contributed by atoms with Gasteiger partial charge in [0.1, 0.15) is 0 Å². The van der Waals surface area contributed by atoms with Gasteiger partial charge < -0.3 is 15.2 Å². The van der Waals surface area contributed by atoms with Gasteiger partial charge in [-0.15, -0.1) is 0 Å². The van der Waals surface area contributed by atoms with Crippen LogP contribution in [0.25, 0.3) is 0 Å². The molecule has 2 N–H and O–H groups in total. The van der Waals surface area contributed by atoms with E-state index >= 15 is 0 Å². The Morgan fingerprint density at radius 3 is 2.69 bits per heavy atom. The number of ether oxygens (including phenoxy) is 1. The van der Waals surface area contributed by atoms with E-state index in [-0.39, 0.29) is 13.2 Å². The first kappa shape index (κ1) is 12.7. The minimum atomic E-state index is -1.40. The van der Waals surface area contributed by atoms with Crippen molar-refractivity contribution < 1.29 is 23.0 Å². The van der Waals surface area contributed by atoms with Gasteiger partial charge in [-0.05, 0) is 0 Å². The molecule has 0 aromatic carbocycles. The zero-order chi connectivity index (χ0) is 12.1. The largest absolute Gasteiger partial charge is 0.394 e. The quantitative estimate of drug-likeness (QED) is 0.746. The first-order valence-corrected chi connectivity index (χ1v) is 4.46. The number of methoxy groups -OCH3 is 1. The molecule has 1 aromatic rings. The summed E-state index contributed by atoms with van der Waals surface area (Å²) < 4.78 is 43.1. The lowest BCUT2D eigenvalue weighted by atomic mass is 10.3. The first-order valence-electron chi connectivity index (χ1n) is 4.46. The number of aliphatic hydroxyl groups is 1. The lowest BCUT2D eigenvalue weighted by Crippen LogP contribution is -2.29. The van der Waals surface area contributed by atoms with E-state index in [1.807, 2.05) is 0 Å². The second-order valence-corrected chi connectivity index (χ2v) is 3.07. The Labute approximate surface area is 90.1 Å². The van der Waals surface area contributed by atoms with E-state index in [1.54, 1.807) is 0 Å². The number of hydrogen-bond donors (Lipinski definition) is 2. The highest BCUT2D eigenvalue weighted by atomic mass is 19.2. The Hall–Kier alpha value is -1.34.